The van der Waals surface area contributed by atoms with Gasteiger partial charge in [0.1, 0.15) is 0 Å². The van der Waals surface area contributed by atoms with Gasteiger partial charge in [0.2, 0.25) is 0 Å². The predicted molar refractivity (Wildman–Crippen MR) is 54.3 cm³/mol. The van der Waals surface area contributed by atoms with Gasteiger partial charge in [0.25, 0.3) is 0 Å². The molecule has 0 bridgehead atoms. The fraction of sp³-hybridized carbons (Fsp3) is 0.400. The lowest BCUT2D eigenvalue weighted by Crippen LogP contribution is -2.40. The van der Waals surface area contributed by atoms with Crippen LogP contribution in [0.3, 0.4) is 0 Å². The molecule has 14 heavy (non-hydrogen) atoms. The number of hydrogen-bond donors (Lipinski definition) is 1. The second kappa shape index (κ2) is 6.87. The quantitative estimate of drug-likeness (QED) is 0.604. The molecular formula is C10H14N4. The van der Waals surface area contributed by atoms with Crippen LogP contribution in [-0.2, 0) is 0 Å². The van der Waals surface area contributed by atoms with Gasteiger partial charge in [-0.05, 0) is 12.1 Å². The van der Waals surface area contributed by atoms with Crippen LogP contribution in [-0.4, -0.2) is 36.1 Å². The fourth-order valence-electron chi connectivity index (χ4n) is 1.08. The van der Waals surface area contributed by atoms with Gasteiger partial charge in [0.05, 0.1) is 0 Å². The van der Waals surface area contributed by atoms with Crippen molar-refractivity contribution >= 4 is 0 Å². The molecule has 0 saturated carbocycles. The Morgan fingerprint density at radius 3 is 2.07 bits per heavy atom. The number of nitrogens with one attached hydrogen (secondary N) is 1. The van der Waals surface area contributed by atoms with Crippen LogP contribution in [0.1, 0.15) is 0 Å². The summed E-state index contributed by atoms with van der Waals surface area (Å²) in [7, 11) is 0. The van der Waals surface area contributed by atoms with E-state index in [-0.39, 0.29) is 0 Å². The van der Waals surface area contributed by atoms with Crippen molar-refractivity contribution in [2.45, 2.75) is 0 Å². The first-order chi connectivity index (χ1) is 6.93. The molecule has 1 aromatic rings. The van der Waals surface area contributed by atoms with Crippen molar-refractivity contribution in [3.63, 3.8) is 0 Å². The van der Waals surface area contributed by atoms with Gasteiger partial charge in [-0.25, -0.2) is 0 Å². The molecule has 0 radical (unpaired) electrons. The zero-order chi connectivity index (χ0) is 10.1. The maximum absolute atomic E-state index is 8.34. The van der Waals surface area contributed by atoms with Crippen molar-refractivity contribution in [2.75, 3.05) is 26.2 Å². The number of aromatic nitrogens is 1. The monoisotopic (exact) mass is 190 g/mol. The van der Waals surface area contributed by atoms with Crippen LogP contribution in [0.15, 0.2) is 30.6 Å². The lowest BCUT2D eigenvalue weighted by atomic mass is 10.4. The number of hydrogen-bond acceptors (Lipinski definition) is 4. The van der Waals surface area contributed by atoms with E-state index in [1.54, 1.807) is 17.3 Å². The summed E-state index contributed by atoms with van der Waals surface area (Å²) in [5, 5.41) is 11.5. The minimum atomic E-state index is 0.872. The van der Waals surface area contributed by atoms with Crippen molar-refractivity contribution in [1.82, 2.24) is 15.2 Å². The maximum atomic E-state index is 8.34. The van der Waals surface area contributed by atoms with Crippen LogP contribution in [0.5, 0.6) is 0 Å². The molecule has 1 aromatic heterocycles. The largest absolute Gasteiger partial charge is 0.313 e. The number of rotatable bonds is 0. The van der Waals surface area contributed by atoms with E-state index in [4.69, 9.17) is 5.26 Å². The molecular weight excluding hydrogens is 176 g/mol. The summed E-state index contributed by atoms with van der Waals surface area (Å²) in [6.45, 7) is 3.65. The number of pyridine rings is 1. The molecule has 0 spiro atoms. The summed E-state index contributed by atoms with van der Waals surface area (Å²) in [6, 6.07) is 5.72. The van der Waals surface area contributed by atoms with Gasteiger partial charge in [-0.3, -0.25) is 4.98 Å². The van der Waals surface area contributed by atoms with Crippen molar-refractivity contribution < 1.29 is 0 Å². The van der Waals surface area contributed by atoms with Crippen LogP contribution in [0.2, 0.25) is 0 Å². The van der Waals surface area contributed by atoms with Gasteiger partial charge in [-0.15, -0.1) is 0 Å². The average Bonchev–Trinajstić information content (AvgIpc) is 2.33. The summed E-state index contributed by atoms with van der Waals surface area (Å²) in [5.74, 6) is 0. The molecule has 0 atom stereocenters. The van der Waals surface area contributed by atoms with E-state index in [2.05, 4.69) is 16.5 Å². The van der Waals surface area contributed by atoms with Gasteiger partial charge >= 0.3 is 0 Å². The molecule has 0 amide bonds. The predicted octanol–water partition coefficient (Wildman–Crippen LogP) is 0.454. The fourth-order valence-corrected chi connectivity index (χ4v) is 1.08. The van der Waals surface area contributed by atoms with Crippen molar-refractivity contribution in [3.8, 4) is 6.19 Å². The second-order valence-corrected chi connectivity index (χ2v) is 2.86. The van der Waals surface area contributed by atoms with Gasteiger partial charge in [0.15, 0.2) is 6.19 Å². The molecule has 1 fully saturated rings. The standard InChI is InChI=1S/C5H9N3.C5H5N/c6-5-8-3-1-7-2-4-8;1-2-4-6-5-3-1/h7H,1-4H2;1-5H. The number of nitrogens with zero attached hydrogens (tertiary/aromatic N) is 3. The normalized spacial score (nSPS) is 14.9. The van der Waals surface area contributed by atoms with E-state index in [0.29, 0.717) is 0 Å². The highest BCUT2D eigenvalue weighted by atomic mass is 15.2. The van der Waals surface area contributed by atoms with Crippen LogP contribution in [0.25, 0.3) is 0 Å². The van der Waals surface area contributed by atoms with Crippen molar-refractivity contribution in [3.05, 3.63) is 30.6 Å². The first-order valence-electron chi connectivity index (χ1n) is 4.64. The van der Waals surface area contributed by atoms with E-state index in [9.17, 15) is 0 Å². The van der Waals surface area contributed by atoms with Crippen LogP contribution in [0.4, 0.5) is 0 Å². The third kappa shape index (κ3) is 4.43. The Kier molecular flexibility index (Phi) is 5.14. The van der Waals surface area contributed by atoms with Crippen molar-refractivity contribution in [1.29, 1.82) is 5.26 Å². The van der Waals surface area contributed by atoms with Crippen LogP contribution >= 0.6 is 0 Å². The lowest BCUT2D eigenvalue weighted by molar-refractivity contribution is 0.337. The molecule has 1 N–H and O–H groups in total. The molecule has 74 valence electrons. The van der Waals surface area contributed by atoms with Crippen molar-refractivity contribution in [2.24, 2.45) is 0 Å². The van der Waals surface area contributed by atoms with E-state index in [1.807, 2.05) is 18.2 Å². The molecule has 1 aliphatic heterocycles. The van der Waals surface area contributed by atoms with E-state index < -0.39 is 0 Å². The topological polar surface area (TPSA) is 52.0 Å². The number of piperazine rings is 1. The van der Waals surface area contributed by atoms with Gasteiger partial charge < -0.3 is 10.2 Å². The third-order valence-corrected chi connectivity index (χ3v) is 1.82. The molecule has 4 nitrogen and oxygen atoms in total. The van der Waals surface area contributed by atoms with Crippen LogP contribution in [0, 0.1) is 11.5 Å². The first kappa shape index (κ1) is 10.5. The molecule has 0 aromatic carbocycles. The minimum Gasteiger partial charge on any atom is -0.313 e. The summed E-state index contributed by atoms with van der Waals surface area (Å²) < 4.78 is 0. The molecule has 1 aliphatic rings. The van der Waals surface area contributed by atoms with Gasteiger partial charge in [-0.2, -0.15) is 5.26 Å². The summed E-state index contributed by atoms with van der Waals surface area (Å²) in [6.07, 6.45) is 5.60. The van der Waals surface area contributed by atoms with E-state index in [1.165, 1.54) is 0 Å². The highest BCUT2D eigenvalue weighted by molar-refractivity contribution is 4.88. The summed E-state index contributed by atoms with van der Waals surface area (Å²) >= 11 is 0. The molecule has 0 aliphatic carbocycles. The Hall–Kier alpha value is -1.60. The number of nitriles is 1. The molecule has 4 heteroatoms. The lowest BCUT2D eigenvalue weighted by Gasteiger charge is -2.20. The summed E-state index contributed by atoms with van der Waals surface area (Å²) in [4.78, 5) is 5.55. The zero-order valence-electron chi connectivity index (χ0n) is 8.06. The van der Waals surface area contributed by atoms with E-state index in [0.717, 1.165) is 26.2 Å². The van der Waals surface area contributed by atoms with Gasteiger partial charge in [-0.1, -0.05) is 6.07 Å². The Labute approximate surface area is 84.2 Å². The molecule has 2 rings (SSSR count). The Bertz CT molecular complexity index is 234. The summed E-state index contributed by atoms with van der Waals surface area (Å²) in [5.41, 5.74) is 0. The van der Waals surface area contributed by atoms with E-state index >= 15 is 0 Å². The SMILES string of the molecule is N#CN1CCNCC1.c1ccncc1. The van der Waals surface area contributed by atoms with Gasteiger partial charge in [0, 0.05) is 38.6 Å². The Balaban J connectivity index is 0.000000146. The zero-order valence-corrected chi connectivity index (χ0v) is 8.06. The first-order valence-corrected chi connectivity index (χ1v) is 4.64. The Morgan fingerprint density at radius 1 is 1.14 bits per heavy atom. The molecule has 1 saturated heterocycles. The molecule has 0 unspecified atom stereocenters. The highest BCUT2D eigenvalue weighted by Gasteiger charge is 2.04. The molecule has 2 heterocycles. The van der Waals surface area contributed by atoms with Crippen LogP contribution < -0.4 is 5.32 Å². The minimum absolute atomic E-state index is 0.872. The highest BCUT2D eigenvalue weighted by Crippen LogP contribution is 1.86. The smallest absolute Gasteiger partial charge is 0.179 e. The second-order valence-electron chi connectivity index (χ2n) is 2.86. The third-order valence-electron chi connectivity index (χ3n) is 1.82. The average molecular weight is 190 g/mol. The maximum Gasteiger partial charge on any atom is 0.179 e. The Morgan fingerprint density at radius 2 is 1.79 bits per heavy atom.